The zero-order chi connectivity index (χ0) is 15.4. The van der Waals surface area contributed by atoms with Gasteiger partial charge in [0.2, 0.25) is 0 Å². The number of hydrogen-bond donors (Lipinski definition) is 0. The summed E-state index contributed by atoms with van der Waals surface area (Å²) in [5, 5.41) is 0. The van der Waals surface area contributed by atoms with Crippen molar-refractivity contribution in [1.29, 1.82) is 0 Å². The SMILES string of the molecule is CCCCN1CCCC1c1ccc(N2CCN(C)CC2)nc1. The van der Waals surface area contributed by atoms with Crippen molar-refractivity contribution in [2.45, 2.75) is 38.6 Å². The van der Waals surface area contributed by atoms with Crippen LogP contribution in [0.5, 0.6) is 0 Å². The number of aromatic nitrogens is 1. The Balaban J connectivity index is 1.63. The highest BCUT2D eigenvalue weighted by Crippen LogP contribution is 2.32. The molecule has 1 aromatic heterocycles. The first kappa shape index (κ1) is 15.8. The molecule has 0 spiro atoms. The molecule has 0 bridgehead atoms. The highest BCUT2D eigenvalue weighted by Gasteiger charge is 2.25. The van der Waals surface area contributed by atoms with Gasteiger partial charge < -0.3 is 9.80 Å². The summed E-state index contributed by atoms with van der Waals surface area (Å²) in [7, 11) is 2.19. The van der Waals surface area contributed by atoms with Crippen LogP contribution in [0.15, 0.2) is 18.3 Å². The van der Waals surface area contributed by atoms with Crippen LogP contribution >= 0.6 is 0 Å². The number of nitrogens with zero attached hydrogens (tertiary/aromatic N) is 4. The van der Waals surface area contributed by atoms with Crippen LogP contribution in [0.2, 0.25) is 0 Å². The number of hydrogen-bond acceptors (Lipinski definition) is 4. The Morgan fingerprint density at radius 3 is 2.64 bits per heavy atom. The van der Waals surface area contributed by atoms with Gasteiger partial charge in [0.15, 0.2) is 0 Å². The highest BCUT2D eigenvalue weighted by atomic mass is 15.3. The Labute approximate surface area is 135 Å². The number of rotatable bonds is 5. The molecule has 1 aromatic rings. The van der Waals surface area contributed by atoms with E-state index >= 15 is 0 Å². The van der Waals surface area contributed by atoms with Crippen molar-refractivity contribution in [2.24, 2.45) is 0 Å². The van der Waals surface area contributed by atoms with Gasteiger partial charge in [0.1, 0.15) is 5.82 Å². The van der Waals surface area contributed by atoms with Gasteiger partial charge in [0.05, 0.1) is 0 Å². The van der Waals surface area contributed by atoms with Gasteiger partial charge in [-0.15, -0.1) is 0 Å². The summed E-state index contributed by atoms with van der Waals surface area (Å²) >= 11 is 0. The summed E-state index contributed by atoms with van der Waals surface area (Å²) in [4.78, 5) is 12.2. The molecule has 3 heterocycles. The van der Waals surface area contributed by atoms with E-state index in [2.05, 4.69) is 47.0 Å². The molecular formula is C18H30N4. The zero-order valence-electron chi connectivity index (χ0n) is 14.2. The number of anilines is 1. The maximum absolute atomic E-state index is 4.77. The Morgan fingerprint density at radius 2 is 1.95 bits per heavy atom. The third kappa shape index (κ3) is 3.61. The van der Waals surface area contributed by atoms with Gasteiger partial charge in [-0.25, -0.2) is 4.98 Å². The van der Waals surface area contributed by atoms with Gasteiger partial charge in [-0.2, -0.15) is 0 Å². The van der Waals surface area contributed by atoms with Gasteiger partial charge in [-0.3, -0.25) is 4.90 Å². The number of likely N-dealkylation sites (tertiary alicyclic amines) is 1. The van der Waals surface area contributed by atoms with E-state index in [-0.39, 0.29) is 0 Å². The molecule has 3 rings (SSSR count). The molecule has 0 N–H and O–H groups in total. The second-order valence-electron chi connectivity index (χ2n) is 6.79. The molecule has 2 aliphatic heterocycles. The average molecular weight is 302 g/mol. The number of piperazine rings is 1. The molecule has 4 heteroatoms. The Kier molecular flexibility index (Phi) is 5.32. The molecule has 1 atom stereocenters. The molecule has 2 saturated heterocycles. The van der Waals surface area contributed by atoms with E-state index in [0.29, 0.717) is 6.04 Å². The largest absolute Gasteiger partial charge is 0.354 e. The number of likely N-dealkylation sites (N-methyl/N-ethyl adjacent to an activating group) is 1. The van der Waals surface area contributed by atoms with Crippen LogP contribution < -0.4 is 4.90 Å². The minimum atomic E-state index is 0.598. The van der Waals surface area contributed by atoms with E-state index in [1.54, 1.807) is 0 Å². The molecule has 0 radical (unpaired) electrons. The lowest BCUT2D eigenvalue weighted by Gasteiger charge is -2.33. The third-order valence-corrected chi connectivity index (χ3v) is 5.15. The smallest absolute Gasteiger partial charge is 0.128 e. The normalized spacial score (nSPS) is 24.1. The van der Waals surface area contributed by atoms with Crippen LogP contribution in [-0.4, -0.2) is 61.1 Å². The third-order valence-electron chi connectivity index (χ3n) is 5.15. The van der Waals surface area contributed by atoms with Gasteiger partial charge in [0.25, 0.3) is 0 Å². The molecule has 0 aliphatic carbocycles. The van der Waals surface area contributed by atoms with Crippen molar-refractivity contribution in [3.05, 3.63) is 23.9 Å². The predicted octanol–water partition coefficient (Wildman–Crippen LogP) is 2.77. The molecule has 2 fully saturated rings. The van der Waals surface area contributed by atoms with E-state index in [1.807, 2.05) is 0 Å². The summed E-state index contributed by atoms with van der Waals surface area (Å²) in [5.41, 5.74) is 1.41. The number of unbranched alkanes of at least 4 members (excludes halogenated alkanes) is 1. The highest BCUT2D eigenvalue weighted by molar-refractivity contribution is 5.40. The summed E-state index contributed by atoms with van der Waals surface area (Å²) in [6.45, 7) is 9.22. The molecule has 1 unspecified atom stereocenters. The second-order valence-corrected chi connectivity index (χ2v) is 6.79. The van der Waals surface area contributed by atoms with E-state index in [1.165, 1.54) is 44.3 Å². The van der Waals surface area contributed by atoms with Gasteiger partial charge in [0, 0.05) is 38.4 Å². The van der Waals surface area contributed by atoms with E-state index in [0.717, 1.165) is 32.0 Å². The Morgan fingerprint density at radius 1 is 1.14 bits per heavy atom. The van der Waals surface area contributed by atoms with Crippen LogP contribution in [0.25, 0.3) is 0 Å². The quantitative estimate of drug-likeness (QED) is 0.834. The van der Waals surface area contributed by atoms with Crippen molar-refractivity contribution in [3.8, 4) is 0 Å². The fourth-order valence-electron chi connectivity index (χ4n) is 3.65. The first-order valence-corrected chi connectivity index (χ1v) is 8.91. The van der Waals surface area contributed by atoms with Gasteiger partial charge in [-0.05, 0) is 51.0 Å². The van der Waals surface area contributed by atoms with Crippen molar-refractivity contribution in [3.63, 3.8) is 0 Å². The van der Waals surface area contributed by atoms with Crippen LogP contribution in [0, 0.1) is 0 Å². The maximum atomic E-state index is 4.77. The standard InChI is InChI=1S/C18H30N4/c1-3-4-9-21-10-5-6-17(21)16-7-8-18(19-15-16)22-13-11-20(2)12-14-22/h7-8,15,17H,3-6,9-14H2,1-2H3. The lowest BCUT2D eigenvalue weighted by molar-refractivity contribution is 0.253. The van der Waals surface area contributed by atoms with Gasteiger partial charge >= 0.3 is 0 Å². The van der Waals surface area contributed by atoms with Crippen LogP contribution in [0.1, 0.15) is 44.2 Å². The van der Waals surface area contributed by atoms with Crippen molar-refractivity contribution >= 4 is 5.82 Å². The fraction of sp³-hybridized carbons (Fsp3) is 0.722. The number of pyridine rings is 1. The Bertz CT molecular complexity index is 451. The molecule has 4 nitrogen and oxygen atoms in total. The van der Waals surface area contributed by atoms with E-state index in [4.69, 9.17) is 4.98 Å². The summed E-state index contributed by atoms with van der Waals surface area (Å²) in [6.07, 6.45) is 7.34. The topological polar surface area (TPSA) is 22.6 Å². The molecule has 0 amide bonds. The summed E-state index contributed by atoms with van der Waals surface area (Å²) in [5.74, 6) is 1.15. The first-order chi connectivity index (χ1) is 10.8. The maximum Gasteiger partial charge on any atom is 0.128 e. The minimum absolute atomic E-state index is 0.598. The van der Waals surface area contributed by atoms with Crippen LogP contribution in [0.3, 0.4) is 0 Å². The van der Waals surface area contributed by atoms with E-state index < -0.39 is 0 Å². The average Bonchev–Trinajstić information content (AvgIpc) is 3.02. The van der Waals surface area contributed by atoms with Crippen LogP contribution in [0.4, 0.5) is 5.82 Å². The van der Waals surface area contributed by atoms with Crippen molar-refractivity contribution in [1.82, 2.24) is 14.8 Å². The molecule has 2 aliphatic rings. The lowest BCUT2D eigenvalue weighted by Crippen LogP contribution is -2.44. The molecule has 0 aromatic carbocycles. The van der Waals surface area contributed by atoms with Crippen molar-refractivity contribution < 1.29 is 0 Å². The fourth-order valence-corrected chi connectivity index (χ4v) is 3.65. The zero-order valence-corrected chi connectivity index (χ0v) is 14.2. The molecule has 0 saturated carbocycles. The van der Waals surface area contributed by atoms with E-state index in [9.17, 15) is 0 Å². The predicted molar refractivity (Wildman–Crippen MR) is 92.4 cm³/mol. The molecular weight excluding hydrogens is 272 g/mol. The monoisotopic (exact) mass is 302 g/mol. The minimum Gasteiger partial charge on any atom is -0.354 e. The Hall–Kier alpha value is -1.13. The summed E-state index contributed by atoms with van der Waals surface area (Å²) in [6, 6.07) is 5.15. The van der Waals surface area contributed by atoms with Gasteiger partial charge in [-0.1, -0.05) is 19.4 Å². The second kappa shape index (κ2) is 7.42. The molecule has 122 valence electrons. The molecule has 22 heavy (non-hydrogen) atoms. The van der Waals surface area contributed by atoms with Crippen molar-refractivity contribution in [2.75, 3.05) is 51.2 Å². The summed E-state index contributed by atoms with van der Waals surface area (Å²) < 4.78 is 0. The lowest BCUT2D eigenvalue weighted by atomic mass is 10.1. The first-order valence-electron chi connectivity index (χ1n) is 8.91. The van der Waals surface area contributed by atoms with Crippen LogP contribution in [-0.2, 0) is 0 Å².